The maximum absolute atomic E-state index is 12.8. The normalized spacial score (nSPS) is 25.5. The molecule has 3 aliphatic rings. The first-order chi connectivity index (χ1) is 12.2. The van der Waals surface area contributed by atoms with Crippen LogP contribution in [0.25, 0.3) is 0 Å². The number of piperidine rings is 2. The number of likely N-dealkylation sites (tertiary alicyclic amines) is 3. The van der Waals surface area contributed by atoms with Gasteiger partial charge in [-0.15, -0.1) is 0 Å². The molecular weight excluding hydrogens is 314 g/mol. The van der Waals surface area contributed by atoms with Gasteiger partial charge in [0.05, 0.1) is 6.04 Å². The number of carbonyl (C=O) groups is 2. The zero-order valence-electron chi connectivity index (χ0n) is 15.9. The summed E-state index contributed by atoms with van der Waals surface area (Å²) in [5, 5.41) is 0. The van der Waals surface area contributed by atoms with Crippen LogP contribution >= 0.6 is 0 Å². The van der Waals surface area contributed by atoms with Crippen molar-refractivity contribution in [3.05, 3.63) is 0 Å². The molecule has 5 nitrogen and oxygen atoms in total. The van der Waals surface area contributed by atoms with E-state index in [0.717, 1.165) is 77.8 Å². The Kier molecular flexibility index (Phi) is 6.74. The SMILES string of the molecule is CC(C(=O)N1CCCCC1)N1CCC(C(=O)N2CCCCCC2)CC1. The molecule has 3 saturated heterocycles. The van der Waals surface area contributed by atoms with E-state index in [1.165, 1.54) is 19.3 Å². The van der Waals surface area contributed by atoms with Gasteiger partial charge in [-0.05, 0) is 65.0 Å². The second-order valence-corrected chi connectivity index (χ2v) is 8.11. The summed E-state index contributed by atoms with van der Waals surface area (Å²) in [4.78, 5) is 31.9. The summed E-state index contributed by atoms with van der Waals surface area (Å²) in [6, 6.07) is -0.0349. The van der Waals surface area contributed by atoms with Gasteiger partial charge < -0.3 is 9.80 Å². The molecule has 0 spiro atoms. The highest BCUT2D eigenvalue weighted by atomic mass is 16.2. The second kappa shape index (κ2) is 9.02. The van der Waals surface area contributed by atoms with Crippen molar-refractivity contribution in [1.82, 2.24) is 14.7 Å². The zero-order valence-corrected chi connectivity index (χ0v) is 15.9. The molecule has 0 radical (unpaired) electrons. The van der Waals surface area contributed by atoms with Crippen molar-refractivity contribution in [2.24, 2.45) is 5.92 Å². The fraction of sp³-hybridized carbons (Fsp3) is 0.900. The van der Waals surface area contributed by atoms with E-state index in [0.29, 0.717) is 5.91 Å². The fourth-order valence-corrected chi connectivity index (χ4v) is 4.62. The molecule has 0 aliphatic carbocycles. The molecule has 142 valence electrons. The Labute approximate surface area is 152 Å². The third-order valence-corrected chi connectivity index (χ3v) is 6.37. The molecule has 0 aromatic carbocycles. The minimum Gasteiger partial charge on any atom is -0.342 e. The molecule has 3 heterocycles. The van der Waals surface area contributed by atoms with Crippen LogP contribution in [-0.4, -0.2) is 71.8 Å². The molecule has 0 aromatic rings. The van der Waals surface area contributed by atoms with Crippen LogP contribution in [-0.2, 0) is 9.59 Å². The maximum atomic E-state index is 12.8. The van der Waals surface area contributed by atoms with Crippen LogP contribution < -0.4 is 0 Å². The van der Waals surface area contributed by atoms with Gasteiger partial charge in [0.2, 0.25) is 11.8 Å². The van der Waals surface area contributed by atoms with E-state index in [1.54, 1.807) is 0 Å². The standard InChI is InChI=1S/C20H35N3O2/c1-17(19(24)22-11-7-4-8-12-22)21-15-9-18(10-16-21)20(25)23-13-5-2-3-6-14-23/h17-18H,2-16H2,1H3. The summed E-state index contributed by atoms with van der Waals surface area (Å²) < 4.78 is 0. The molecule has 0 aromatic heterocycles. The number of nitrogens with zero attached hydrogens (tertiary/aromatic N) is 3. The maximum Gasteiger partial charge on any atom is 0.239 e. The topological polar surface area (TPSA) is 43.9 Å². The van der Waals surface area contributed by atoms with Gasteiger partial charge in [0, 0.05) is 32.1 Å². The van der Waals surface area contributed by atoms with Crippen LogP contribution in [0.15, 0.2) is 0 Å². The van der Waals surface area contributed by atoms with Gasteiger partial charge in [-0.2, -0.15) is 0 Å². The van der Waals surface area contributed by atoms with E-state index in [4.69, 9.17) is 0 Å². The monoisotopic (exact) mass is 349 g/mol. The number of amides is 2. The van der Waals surface area contributed by atoms with Gasteiger partial charge >= 0.3 is 0 Å². The van der Waals surface area contributed by atoms with Crippen molar-refractivity contribution in [2.45, 2.75) is 70.8 Å². The quantitative estimate of drug-likeness (QED) is 0.786. The first kappa shape index (κ1) is 18.7. The van der Waals surface area contributed by atoms with Crippen LogP contribution in [0.1, 0.15) is 64.7 Å². The smallest absolute Gasteiger partial charge is 0.239 e. The van der Waals surface area contributed by atoms with Crippen LogP contribution in [0.2, 0.25) is 0 Å². The molecule has 0 bridgehead atoms. The van der Waals surface area contributed by atoms with Crippen LogP contribution in [0.4, 0.5) is 0 Å². The fourth-order valence-electron chi connectivity index (χ4n) is 4.62. The Hall–Kier alpha value is -1.10. The van der Waals surface area contributed by atoms with Crippen LogP contribution in [0, 0.1) is 5.92 Å². The lowest BCUT2D eigenvalue weighted by molar-refractivity contribution is -0.140. The predicted octanol–water partition coefficient (Wildman–Crippen LogP) is 2.50. The van der Waals surface area contributed by atoms with Gasteiger partial charge in [-0.25, -0.2) is 0 Å². The second-order valence-electron chi connectivity index (χ2n) is 8.11. The molecule has 3 aliphatic heterocycles. The van der Waals surface area contributed by atoms with E-state index in [2.05, 4.69) is 9.80 Å². The third kappa shape index (κ3) is 4.75. The van der Waals surface area contributed by atoms with Gasteiger partial charge in [-0.1, -0.05) is 12.8 Å². The summed E-state index contributed by atoms with van der Waals surface area (Å²) >= 11 is 0. The largest absolute Gasteiger partial charge is 0.342 e. The number of carbonyl (C=O) groups excluding carboxylic acids is 2. The summed E-state index contributed by atoms with van der Waals surface area (Å²) in [5.41, 5.74) is 0. The van der Waals surface area contributed by atoms with Crippen molar-refractivity contribution in [2.75, 3.05) is 39.3 Å². The van der Waals surface area contributed by atoms with E-state index in [1.807, 2.05) is 11.8 Å². The number of hydrogen-bond donors (Lipinski definition) is 0. The van der Waals surface area contributed by atoms with Crippen molar-refractivity contribution in [3.63, 3.8) is 0 Å². The molecule has 5 heteroatoms. The van der Waals surface area contributed by atoms with Crippen molar-refractivity contribution >= 4 is 11.8 Å². The zero-order chi connectivity index (χ0) is 17.6. The van der Waals surface area contributed by atoms with Gasteiger partial charge in [0.15, 0.2) is 0 Å². The minimum absolute atomic E-state index is 0.0349. The summed E-state index contributed by atoms with van der Waals surface area (Å²) in [5.74, 6) is 0.834. The van der Waals surface area contributed by atoms with Crippen LogP contribution in [0.5, 0.6) is 0 Å². The molecule has 0 N–H and O–H groups in total. The highest BCUT2D eigenvalue weighted by molar-refractivity contribution is 5.82. The summed E-state index contributed by atoms with van der Waals surface area (Å²) in [6.45, 7) is 7.55. The first-order valence-electron chi connectivity index (χ1n) is 10.5. The molecule has 1 atom stereocenters. The minimum atomic E-state index is -0.0349. The Bertz CT molecular complexity index is 446. The Morgan fingerprint density at radius 3 is 1.76 bits per heavy atom. The van der Waals surface area contributed by atoms with Crippen molar-refractivity contribution in [3.8, 4) is 0 Å². The molecule has 0 saturated carbocycles. The molecule has 2 amide bonds. The Morgan fingerprint density at radius 2 is 1.20 bits per heavy atom. The number of hydrogen-bond acceptors (Lipinski definition) is 3. The third-order valence-electron chi connectivity index (χ3n) is 6.37. The van der Waals surface area contributed by atoms with E-state index in [9.17, 15) is 9.59 Å². The molecule has 25 heavy (non-hydrogen) atoms. The highest BCUT2D eigenvalue weighted by Crippen LogP contribution is 2.24. The average molecular weight is 350 g/mol. The summed E-state index contributed by atoms with van der Waals surface area (Å²) in [7, 11) is 0. The van der Waals surface area contributed by atoms with Crippen molar-refractivity contribution < 1.29 is 9.59 Å². The van der Waals surface area contributed by atoms with Gasteiger partial charge in [0.1, 0.15) is 0 Å². The molecule has 1 unspecified atom stereocenters. The lowest BCUT2D eigenvalue weighted by atomic mass is 9.94. The van der Waals surface area contributed by atoms with Gasteiger partial charge in [-0.3, -0.25) is 14.5 Å². The number of rotatable bonds is 3. The first-order valence-corrected chi connectivity index (χ1v) is 10.5. The van der Waals surface area contributed by atoms with E-state index >= 15 is 0 Å². The Morgan fingerprint density at radius 1 is 0.720 bits per heavy atom. The van der Waals surface area contributed by atoms with Gasteiger partial charge in [0.25, 0.3) is 0 Å². The van der Waals surface area contributed by atoms with E-state index < -0.39 is 0 Å². The Balaban J connectivity index is 1.47. The lowest BCUT2D eigenvalue weighted by Gasteiger charge is -2.38. The lowest BCUT2D eigenvalue weighted by Crippen LogP contribution is -2.52. The molecule has 3 rings (SSSR count). The predicted molar refractivity (Wildman–Crippen MR) is 99.2 cm³/mol. The average Bonchev–Trinajstić information content (AvgIpc) is 2.96. The van der Waals surface area contributed by atoms with Crippen LogP contribution in [0.3, 0.4) is 0 Å². The summed E-state index contributed by atoms with van der Waals surface area (Å²) in [6.07, 6.45) is 10.2. The molecular formula is C20H35N3O2. The van der Waals surface area contributed by atoms with E-state index in [-0.39, 0.29) is 17.9 Å². The van der Waals surface area contributed by atoms with Crippen molar-refractivity contribution in [1.29, 1.82) is 0 Å². The highest BCUT2D eigenvalue weighted by Gasteiger charge is 2.33. The molecule has 3 fully saturated rings.